The normalized spacial score (nSPS) is 22.4. The highest BCUT2D eigenvalue weighted by Gasteiger charge is 2.35. The third-order valence-corrected chi connectivity index (χ3v) is 1.98. The first kappa shape index (κ1) is 10.9. The summed E-state index contributed by atoms with van der Waals surface area (Å²) < 4.78 is 0. The van der Waals surface area contributed by atoms with E-state index >= 15 is 0 Å². The summed E-state index contributed by atoms with van der Waals surface area (Å²) in [6.07, 6.45) is 0.0303. The lowest BCUT2D eigenvalue weighted by molar-refractivity contribution is -0.123. The molecule has 0 rings (SSSR count). The molecular formula is C8H17O3. The highest BCUT2D eigenvalue weighted by molar-refractivity contribution is 4.93. The molecule has 0 saturated heterocycles. The van der Waals surface area contributed by atoms with Gasteiger partial charge in [0.15, 0.2) is 0 Å². The van der Waals surface area contributed by atoms with Crippen LogP contribution < -0.4 is 0 Å². The fourth-order valence-corrected chi connectivity index (χ4v) is 0.948. The molecule has 0 aliphatic carbocycles. The van der Waals surface area contributed by atoms with Crippen LogP contribution >= 0.6 is 0 Å². The van der Waals surface area contributed by atoms with Gasteiger partial charge in [0.1, 0.15) is 5.60 Å². The molecule has 1 radical (unpaired) electrons. The van der Waals surface area contributed by atoms with Crippen molar-refractivity contribution in [3.8, 4) is 0 Å². The summed E-state index contributed by atoms with van der Waals surface area (Å²) >= 11 is 0. The minimum Gasteiger partial charge on any atom is -0.390 e. The van der Waals surface area contributed by atoms with Gasteiger partial charge in [-0.1, -0.05) is 13.8 Å². The van der Waals surface area contributed by atoms with E-state index in [2.05, 4.69) is 0 Å². The van der Waals surface area contributed by atoms with Crippen LogP contribution in [0.5, 0.6) is 0 Å². The summed E-state index contributed by atoms with van der Waals surface area (Å²) in [5, 5.41) is 28.0. The fraction of sp³-hybridized carbons (Fsp3) is 0.875. The molecule has 0 heterocycles. The van der Waals surface area contributed by atoms with Crippen LogP contribution in [-0.4, -0.2) is 33.1 Å². The van der Waals surface area contributed by atoms with Crippen LogP contribution in [0.2, 0.25) is 0 Å². The summed E-state index contributed by atoms with van der Waals surface area (Å²) in [6.45, 7) is 4.81. The predicted octanol–water partition coefficient (Wildman–Crippen LogP) is 0.0934. The van der Waals surface area contributed by atoms with Crippen molar-refractivity contribution in [3.05, 3.63) is 6.42 Å². The molecule has 3 nitrogen and oxygen atoms in total. The Morgan fingerprint density at radius 2 is 1.91 bits per heavy atom. The van der Waals surface area contributed by atoms with Gasteiger partial charge in [-0.15, -0.1) is 0 Å². The van der Waals surface area contributed by atoms with Gasteiger partial charge in [-0.25, -0.2) is 0 Å². The molecule has 3 heteroatoms. The first-order valence-electron chi connectivity index (χ1n) is 3.84. The Morgan fingerprint density at radius 3 is 2.18 bits per heavy atom. The Balaban J connectivity index is 4.18. The van der Waals surface area contributed by atoms with Gasteiger partial charge >= 0.3 is 0 Å². The Labute approximate surface area is 67.7 Å². The molecule has 0 bridgehead atoms. The van der Waals surface area contributed by atoms with E-state index in [0.717, 1.165) is 0 Å². The molecule has 3 atom stereocenters. The van der Waals surface area contributed by atoms with E-state index in [1.807, 2.05) is 0 Å². The van der Waals surface area contributed by atoms with Crippen molar-refractivity contribution >= 4 is 0 Å². The van der Waals surface area contributed by atoms with E-state index in [4.69, 9.17) is 0 Å². The van der Waals surface area contributed by atoms with Crippen LogP contribution in [0, 0.1) is 6.42 Å². The maximum atomic E-state index is 9.52. The first-order chi connectivity index (χ1) is 4.96. The molecule has 3 unspecified atom stereocenters. The van der Waals surface area contributed by atoms with Crippen LogP contribution in [0.25, 0.3) is 0 Å². The lowest BCUT2D eigenvalue weighted by Gasteiger charge is -2.32. The maximum Gasteiger partial charge on any atom is 0.114 e. The molecule has 0 aromatic rings. The lowest BCUT2D eigenvalue weighted by Crippen LogP contribution is -2.49. The topological polar surface area (TPSA) is 60.7 Å². The van der Waals surface area contributed by atoms with E-state index < -0.39 is 17.8 Å². The third-order valence-electron chi connectivity index (χ3n) is 1.98. The van der Waals surface area contributed by atoms with E-state index in [1.165, 1.54) is 13.3 Å². The molecular weight excluding hydrogens is 144 g/mol. The standard InChI is InChI=1S/C8H17O3/c1-4-6(9)8(3,11)7(10)5-2/h4,6-7,9-11H,5H2,1-3H3. The zero-order valence-electron chi connectivity index (χ0n) is 7.28. The van der Waals surface area contributed by atoms with Gasteiger partial charge in [0.2, 0.25) is 0 Å². The van der Waals surface area contributed by atoms with Crippen LogP contribution in [0.15, 0.2) is 0 Å². The summed E-state index contributed by atoms with van der Waals surface area (Å²) in [5.41, 5.74) is -1.43. The van der Waals surface area contributed by atoms with Gasteiger partial charge in [-0.3, -0.25) is 0 Å². The molecule has 0 saturated carbocycles. The molecule has 0 spiro atoms. The fourth-order valence-electron chi connectivity index (χ4n) is 0.948. The van der Waals surface area contributed by atoms with Crippen molar-refractivity contribution < 1.29 is 15.3 Å². The maximum absolute atomic E-state index is 9.52. The van der Waals surface area contributed by atoms with Crippen molar-refractivity contribution in [2.24, 2.45) is 0 Å². The average molecular weight is 161 g/mol. The number of rotatable bonds is 4. The Morgan fingerprint density at radius 1 is 1.45 bits per heavy atom. The molecule has 11 heavy (non-hydrogen) atoms. The van der Waals surface area contributed by atoms with E-state index in [-0.39, 0.29) is 0 Å². The molecule has 0 fully saturated rings. The molecule has 0 aromatic heterocycles. The number of hydrogen-bond donors (Lipinski definition) is 3. The second kappa shape index (κ2) is 4.04. The summed E-state index contributed by atoms with van der Waals surface area (Å²) in [6, 6.07) is 0. The first-order valence-corrected chi connectivity index (χ1v) is 3.84. The molecule has 67 valence electrons. The van der Waals surface area contributed by atoms with E-state index in [1.54, 1.807) is 13.8 Å². The quantitative estimate of drug-likeness (QED) is 0.547. The minimum absolute atomic E-state index is 0.428. The second-order valence-corrected chi connectivity index (χ2v) is 2.93. The number of aliphatic hydroxyl groups is 3. The van der Waals surface area contributed by atoms with Crippen LogP contribution in [0.4, 0.5) is 0 Å². The van der Waals surface area contributed by atoms with Gasteiger partial charge < -0.3 is 15.3 Å². The van der Waals surface area contributed by atoms with Crippen molar-refractivity contribution in [3.63, 3.8) is 0 Å². The monoisotopic (exact) mass is 161 g/mol. The molecule has 0 aromatic carbocycles. The predicted molar refractivity (Wildman–Crippen MR) is 42.9 cm³/mol. The number of hydrogen-bond acceptors (Lipinski definition) is 3. The van der Waals surface area contributed by atoms with Crippen LogP contribution in [0.1, 0.15) is 27.2 Å². The summed E-state index contributed by atoms with van der Waals surface area (Å²) in [5.74, 6) is 0. The Kier molecular flexibility index (Phi) is 4.00. The average Bonchev–Trinajstić information content (AvgIpc) is 2.01. The highest BCUT2D eigenvalue weighted by Crippen LogP contribution is 2.18. The van der Waals surface area contributed by atoms with E-state index in [0.29, 0.717) is 6.42 Å². The minimum atomic E-state index is -1.43. The summed E-state index contributed by atoms with van der Waals surface area (Å²) in [4.78, 5) is 0. The molecule has 0 aliphatic rings. The Hall–Kier alpha value is -0.120. The van der Waals surface area contributed by atoms with Gasteiger partial charge in [-0.05, 0) is 19.8 Å². The second-order valence-electron chi connectivity index (χ2n) is 2.93. The van der Waals surface area contributed by atoms with Gasteiger partial charge in [0.05, 0.1) is 12.2 Å². The lowest BCUT2D eigenvalue weighted by atomic mass is 9.89. The third kappa shape index (κ3) is 2.43. The smallest absolute Gasteiger partial charge is 0.114 e. The van der Waals surface area contributed by atoms with Gasteiger partial charge in [0, 0.05) is 0 Å². The van der Waals surface area contributed by atoms with Gasteiger partial charge in [0.25, 0.3) is 0 Å². The van der Waals surface area contributed by atoms with Crippen molar-refractivity contribution in [1.82, 2.24) is 0 Å². The molecule has 3 N–H and O–H groups in total. The number of aliphatic hydroxyl groups excluding tert-OH is 2. The molecule has 0 aliphatic heterocycles. The van der Waals surface area contributed by atoms with Crippen LogP contribution in [-0.2, 0) is 0 Å². The van der Waals surface area contributed by atoms with Gasteiger partial charge in [-0.2, -0.15) is 0 Å². The zero-order valence-corrected chi connectivity index (χ0v) is 7.28. The largest absolute Gasteiger partial charge is 0.390 e. The van der Waals surface area contributed by atoms with Crippen molar-refractivity contribution in [2.75, 3.05) is 0 Å². The van der Waals surface area contributed by atoms with Crippen molar-refractivity contribution in [2.45, 2.75) is 45.0 Å². The highest BCUT2D eigenvalue weighted by atomic mass is 16.4. The molecule has 0 amide bonds. The zero-order chi connectivity index (χ0) is 9.07. The summed E-state index contributed by atoms with van der Waals surface area (Å²) in [7, 11) is 0. The van der Waals surface area contributed by atoms with Crippen molar-refractivity contribution in [1.29, 1.82) is 0 Å². The van der Waals surface area contributed by atoms with Crippen LogP contribution in [0.3, 0.4) is 0 Å². The van der Waals surface area contributed by atoms with E-state index in [9.17, 15) is 15.3 Å². The SMILES string of the molecule is C[CH]C(O)C(C)(O)C(O)CC. The Bertz CT molecular complexity index is 99.9.